The number of halogens is 1. The van der Waals surface area contributed by atoms with Crippen molar-refractivity contribution in [3.05, 3.63) is 94.0 Å². The van der Waals surface area contributed by atoms with Gasteiger partial charge in [0, 0.05) is 18.1 Å². The van der Waals surface area contributed by atoms with Gasteiger partial charge in [-0.2, -0.15) is 0 Å². The van der Waals surface area contributed by atoms with E-state index in [2.05, 4.69) is 5.32 Å². The molecule has 0 aromatic heterocycles. The zero-order valence-corrected chi connectivity index (χ0v) is 25.5. The molecule has 3 rings (SSSR count). The fraction of sp³-hybridized carbons (Fsp3) is 0.355. The number of rotatable bonds is 11. The Labute approximate surface area is 243 Å². The fourth-order valence-corrected chi connectivity index (χ4v) is 5.60. The van der Waals surface area contributed by atoms with Gasteiger partial charge in [0.05, 0.1) is 10.6 Å². The topological polar surface area (TPSA) is 86.8 Å². The molecule has 0 fully saturated rings. The molecule has 0 spiro atoms. The van der Waals surface area contributed by atoms with E-state index in [-0.39, 0.29) is 23.3 Å². The summed E-state index contributed by atoms with van der Waals surface area (Å²) in [5, 5.41) is 3.44. The average molecular weight is 584 g/mol. The third-order valence-corrected chi connectivity index (χ3v) is 8.82. The van der Waals surface area contributed by atoms with Crippen LogP contribution in [0, 0.1) is 26.7 Å². The minimum Gasteiger partial charge on any atom is -0.354 e. The SMILES string of the molecule is Cc1ccc(S(=O)(=O)N(CC(=O)N(Cc2ccc(Cl)cc2)C(C)C(=O)NCC(C)C)c2ccc(C)c(C)c2)cc1. The smallest absolute Gasteiger partial charge is 0.264 e. The lowest BCUT2D eigenvalue weighted by atomic mass is 10.1. The summed E-state index contributed by atoms with van der Waals surface area (Å²) in [7, 11) is -4.11. The van der Waals surface area contributed by atoms with Gasteiger partial charge < -0.3 is 10.2 Å². The van der Waals surface area contributed by atoms with Crippen LogP contribution < -0.4 is 9.62 Å². The van der Waals surface area contributed by atoms with Gasteiger partial charge in [-0.05, 0) is 86.7 Å². The van der Waals surface area contributed by atoms with Crippen molar-refractivity contribution in [2.24, 2.45) is 5.92 Å². The Hall–Kier alpha value is -3.36. The second-order valence-electron chi connectivity index (χ2n) is 10.6. The number of carbonyl (C=O) groups is 2. The van der Waals surface area contributed by atoms with Gasteiger partial charge in [0.25, 0.3) is 10.0 Å². The molecule has 214 valence electrons. The lowest BCUT2D eigenvalue weighted by Crippen LogP contribution is -2.51. The number of sulfonamides is 1. The molecule has 0 heterocycles. The zero-order valence-electron chi connectivity index (χ0n) is 23.9. The summed E-state index contributed by atoms with van der Waals surface area (Å²) in [4.78, 5) is 28.5. The first-order valence-electron chi connectivity index (χ1n) is 13.3. The predicted molar refractivity (Wildman–Crippen MR) is 161 cm³/mol. The highest BCUT2D eigenvalue weighted by molar-refractivity contribution is 7.92. The summed E-state index contributed by atoms with van der Waals surface area (Å²) >= 11 is 6.06. The van der Waals surface area contributed by atoms with Gasteiger partial charge in [-0.15, -0.1) is 0 Å². The number of anilines is 1. The number of nitrogens with zero attached hydrogens (tertiary/aromatic N) is 2. The minimum atomic E-state index is -4.11. The average Bonchev–Trinajstić information content (AvgIpc) is 2.91. The van der Waals surface area contributed by atoms with Crippen molar-refractivity contribution in [3.8, 4) is 0 Å². The number of nitrogens with one attached hydrogen (secondary N) is 1. The lowest BCUT2D eigenvalue weighted by molar-refractivity contribution is -0.139. The molecule has 0 bridgehead atoms. The maximum Gasteiger partial charge on any atom is 0.264 e. The van der Waals surface area contributed by atoms with E-state index in [1.54, 1.807) is 55.5 Å². The lowest BCUT2D eigenvalue weighted by Gasteiger charge is -2.32. The summed E-state index contributed by atoms with van der Waals surface area (Å²) in [6, 6.07) is 18.0. The molecule has 0 aliphatic carbocycles. The van der Waals surface area contributed by atoms with Gasteiger partial charge in [0.1, 0.15) is 12.6 Å². The summed E-state index contributed by atoms with van der Waals surface area (Å²) < 4.78 is 29.0. The molecule has 7 nitrogen and oxygen atoms in total. The van der Waals surface area contributed by atoms with Crippen LogP contribution in [0.4, 0.5) is 5.69 Å². The molecular weight excluding hydrogens is 546 g/mol. The molecule has 1 atom stereocenters. The molecule has 0 saturated heterocycles. The molecule has 0 saturated carbocycles. The Bertz CT molecular complexity index is 1440. The summed E-state index contributed by atoms with van der Waals surface area (Å²) in [5.74, 6) is -0.581. The van der Waals surface area contributed by atoms with Crippen molar-refractivity contribution < 1.29 is 18.0 Å². The highest BCUT2D eigenvalue weighted by atomic mass is 35.5. The Morgan fingerprint density at radius 2 is 1.50 bits per heavy atom. The van der Waals surface area contributed by atoms with Gasteiger partial charge in [-0.3, -0.25) is 13.9 Å². The van der Waals surface area contributed by atoms with Crippen molar-refractivity contribution in [2.45, 2.75) is 59.0 Å². The first-order chi connectivity index (χ1) is 18.8. The molecule has 0 aliphatic rings. The van der Waals surface area contributed by atoms with E-state index in [9.17, 15) is 18.0 Å². The van der Waals surface area contributed by atoms with E-state index >= 15 is 0 Å². The van der Waals surface area contributed by atoms with Gasteiger partial charge in [-0.25, -0.2) is 8.42 Å². The second-order valence-corrected chi connectivity index (χ2v) is 12.9. The third kappa shape index (κ3) is 7.86. The van der Waals surface area contributed by atoms with Crippen molar-refractivity contribution in [2.75, 3.05) is 17.4 Å². The molecule has 2 amide bonds. The zero-order chi connectivity index (χ0) is 29.6. The largest absolute Gasteiger partial charge is 0.354 e. The van der Waals surface area contributed by atoms with Crippen LogP contribution in [0.5, 0.6) is 0 Å². The molecule has 3 aromatic rings. The summed E-state index contributed by atoms with van der Waals surface area (Å²) in [6.45, 7) is 11.4. The molecule has 40 heavy (non-hydrogen) atoms. The highest BCUT2D eigenvalue weighted by Gasteiger charge is 2.32. The van der Waals surface area contributed by atoms with E-state index < -0.39 is 28.5 Å². The maximum absolute atomic E-state index is 14.0. The molecule has 9 heteroatoms. The predicted octanol–water partition coefficient (Wildman–Crippen LogP) is 5.65. The van der Waals surface area contributed by atoms with E-state index in [0.29, 0.717) is 17.3 Å². The van der Waals surface area contributed by atoms with E-state index in [1.165, 1.54) is 17.0 Å². The van der Waals surface area contributed by atoms with Crippen molar-refractivity contribution >= 4 is 39.1 Å². The maximum atomic E-state index is 14.0. The fourth-order valence-electron chi connectivity index (χ4n) is 4.07. The van der Waals surface area contributed by atoms with Gasteiger partial charge in [0.2, 0.25) is 11.8 Å². The number of aryl methyl sites for hydroxylation is 3. The van der Waals surface area contributed by atoms with E-state index in [0.717, 1.165) is 26.6 Å². The number of amides is 2. The van der Waals surface area contributed by atoms with Crippen LogP contribution in [-0.4, -0.2) is 44.3 Å². The van der Waals surface area contributed by atoms with Crippen molar-refractivity contribution in [1.82, 2.24) is 10.2 Å². The standard InChI is InChI=1S/C31H38ClN3O4S/c1-21(2)18-33-31(37)25(6)34(19-26-10-12-27(32)13-11-26)30(36)20-35(28-14-9-23(4)24(5)17-28)40(38,39)29-15-7-22(3)8-16-29/h7-17,21,25H,18-20H2,1-6H3,(H,33,37). The van der Waals surface area contributed by atoms with Crippen LogP contribution >= 0.6 is 11.6 Å². The highest BCUT2D eigenvalue weighted by Crippen LogP contribution is 2.27. The Morgan fingerprint density at radius 1 is 0.875 bits per heavy atom. The van der Waals surface area contributed by atoms with Crippen LogP contribution in [0.15, 0.2) is 71.6 Å². The molecule has 3 aromatic carbocycles. The van der Waals surface area contributed by atoms with Crippen LogP contribution in [-0.2, 0) is 26.2 Å². The summed E-state index contributed by atoms with van der Waals surface area (Å²) in [6.07, 6.45) is 0. The van der Waals surface area contributed by atoms with E-state index in [4.69, 9.17) is 11.6 Å². The van der Waals surface area contributed by atoms with Crippen LogP contribution in [0.2, 0.25) is 5.02 Å². The number of carbonyl (C=O) groups excluding carboxylic acids is 2. The normalized spacial score (nSPS) is 12.2. The second kappa shape index (κ2) is 13.3. The van der Waals surface area contributed by atoms with Crippen molar-refractivity contribution in [1.29, 1.82) is 0 Å². The van der Waals surface area contributed by atoms with Gasteiger partial charge >= 0.3 is 0 Å². The number of benzene rings is 3. The monoisotopic (exact) mass is 583 g/mol. The quantitative estimate of drug-likeness (QED) is 0.316. The first kappa shape index (κ1) is 31.2. The van der Waals surface area contributed by atoms with Crippen molar-refractivity contribution in [3.63, 3.8) is 0 Å². The molecule has 0 aliphatic heterocycles. The Kier molecular flexibility index (Phi) is 10.4. The summed E-state index contributed by atoms with van der Waals surface area (Å²) in [5.41, 5.74) is 3.96. The van der Waals surface area contributed by atoms with Crippen LogP contribution in [0.25, 0.3) is 0 Å². The molecule has 1 N–H and O–H groups in total. The minimum absolute atomic E-state index is 0.0797. The molecule has 1 unspecified atom stereocenters. The number of hydrogen-bond donors (Lipinski definition) is 1. The van der Waals surface area contributed by atoms with Crippen LogP contribution in [0.1, 0.15) is 43.0 Å². The third-order valence-electron chi connectivity index (χ3n) is 6.78. The van der Waals surface area contributed by atoms with Gasteiger partial charge in [0.15, 0.2) is 0 Å². The number of hydrogen-bond acceptors (Lipinski definition) is 4. The first-order valence-corrected chi connectivity index (χ1v) is 15.1. The van der Waals surface area contributed by atoms with E-state index in [1.807, 2.05) is 40.7 Å². The van der Waals surface area contributed by atoms with Crippen LogP contribution in [0.3, 0.4) is 0 Å². The Morgan fingerprint density at radius 3 is 2.08 bits per heavy atom. The molecular formula is C31H38ClN3O4S. The Balaban J connectivity index is 2.03. The molecule has 0 radical (unpaired) electrons. The van der Waals surface area contributed by atoms with Gasteiger partial charge in [-0.1, -0.05) is 61.3 Å².